The van der Waals surface area contributed by atoms with Crippen LogP contribution in [0.25, 0.3) is 44.1 Å². The van der Waals surface area contributed by atoms with Gasteiger partial charge in [-0.15, -0.1) is 0 Å². The summed E-state index contributed by atoms with van der Waals surface area (Å²) in [6.07, 6.45) is 6.01. The van der Waals surface area contributed by atoms with Crippen molar-refractivity contribution in [2.24, 2.45) is 0 Å². The van der Waals surface area contributed by atoms with Gasteiger partial charge in [-0.3, -0.25) is 24.0 Å². The molecule has 0 aliphatic carbocycles. The van der Waals surface area contributed by atoms with Crippen LogP contribution >= 0.6 is 0 Å². The van der Waals surface area contributed by atoms with E-state index in [1.54, 1.807) is 24.1 Å². The van der Waals surface area contributed by atoms with Crippen molar-refractivity contribution in [2.45, 2.75) is 20.4 Å². The third-order valence-corrected chi connectivity index (χ3v) is 7.12. The highest BCUT2D eigenvalue weighted by molar-refractivity contribution is 6.00. The Morgan fingerprint density at radius 2 is 1.31 bits per heavy atom. The zero-order valence-electron chi connectivity index (χ0n) is 27.2. The van der Waals surface area contributed by atoms with E-state index in [0.29, 0.717) is 5.69 Å². The van der Waals surface area contributed by atoms with Crippen LogP contribution in [0.1, 0.15) is 18.1 Å². The molecule has 0 fully saturated rings. The zero-order chi connectivity index (χ0) is 34.5. The fraction of sp³-hybridized carbons (Fsp3) is 0.103. The fourth-order valence-corrected chi connectivity index (χ4v) is 4.79. The second-order valence-electron chi connectivity index (χ2n) is 10.2. The van der Waals surface area contributed by atoms with Gasteiger partial charge in [-0.05, 0) is 82.9 Å². The molecule has 9 nitrogen and oxygen atoms in total. The molecule has 0 saturated heterocycles. The van der Waals surface area contributed by atoms with E-state index in [4.69, 9.17) is 0 Å². The smallest absolute Gasteiger partial charge is 0.247 e. The molecule has 0 aliphatic heterocycles. The minimum Gasteiger partial charge on any atom is -0.358 e. The summed E-state index contributed by atoms with van der Waals surface area (Å²) >= 11 is 0. The van der Waals surface area contributed by atoms with Gasteiger partial charge in [0.1, 0.15) is 6.54 Å². The summed E-state index contributed by atoms with van der Waals surface area (Å²) in [6, 6.07) is 31.3. The summed E-state index contributed by atoms with van der Waals surface area (Å²) in [4.78, 5) is 38.8. The van der Waals surface area contributed by atoms with Crippen molar-refractivity contribution in [3.05, 3.63) is 135 Å². The number of nitrogens with one attached hydrogen (secondary N) is 3. The Balaban J connectivity index is 0.000000466. The van der Waals surface area contributed by atoms with Crippen LogP contribution in [0.5, 0.6) is 0 Å². The summed E-state index contributed by atoms with van der Waals surface area (Å²) in [5, 5.41) is 14.4. The summed E-state index contributed by atoms with van der Waals surface area (Å²) < 4.78 is 1.67. The number of rotatable bonds is 8. The van der Waals surface area contributed by atoms with Crippen molar-refractivity contribution in [1.82, 2.24) is 20.1 Å². The fourth-order valence-electron chi connectivity index (χ4n) is 4.79. The molecule has 0 saturated carbocycles. The van der Waals surface area contributed by atoms with Gasteiger partial charge in [0.15, 0.2) is 0 Å². The van der Waals surface area contributed by atoms with Crippen molar-refractivity contribution in [1.29, 1.82) is 0 Å². The average molecular weight is 645 g/mol. The summed E-state index contributed by atoms with van der Waals surface area (Å²) in [5.41, 5.74) is 7.36. The molecular formula is C39H44N6O3. The molecule has 0 aliphatic rings. The first-order valence-electron chi connectivity index (χ1n) is 15.5. The van der Waals surface area contributed by atoms with Crippen molar-refractivity contribution in [2.75, 3.05) is 17.7 Å². The van der Waals surface area contributed by atoms with Crippen molar-refractivity contribution in [3.63, 3.8) is 0 Å². The Morgan fingerprint density at radius 3 is 1.92 bits per heavy atom. The van der Waals surface area contributed by atoms with E-state index in [2.05, 4.69) is 45.3 Å². The van der Waals surface area contributed by atoms with E-state index in [-0.39, 0.29) is 28.5 Å². The SMILES string of the molecule is C=CC(=O)Nc1cccc(-c2ccc3cnn(CC(=O)NC)c3c2)c1.C=CC(=O)Nc1cccc(-c2ccc3ncccc3c2)c1.CC.[HH].[HH].[HH]. The first-order valence-corrected chi connectivity index (χ1v) is 15.5. The van der Waals surface area contributed by atoms with Crippen LogP contribution in [-0.4, -0.2) is 39.5 Å². The molecule has 9 heteroatoms. The minimum atomic E-state index is -0.253. The predicted molar refractivity (Wildman–Crippen MR) is 202 cm³/mol. The number of nitrogens with zero attached hydrogens (tertiary/aromatic N) is 3. The third kappa shape index (κ3) is 8.88. The zero-order valence-corrected chi connectivity index (χ0v) is 27.2. The standard InChI is InChI=1S/C19H18N4O2.C18H14N2O.C2H6.3H2/c1-3-18(24)22-16-6-4-5-13(9-16)14-7-8-15-11-21-23(17(15)10-14)12-19(25)20-2;1-2-18(21)20-16-7-3-5-13(12-16)14-8-9-17-15(11-14)6-4-10-19-17;1-2;;;/h3-11H,1,12H2,2H3,(H,20,25)(H,22,24);2-12H,1H2,(H,20,21);1-2H3;3*1H. The van der Waals surface area contributed by atoms with Crippen molar-refractivity contribution in [3.8, 4) is 22.3 Å². The normalized spacial score (nSPS) is 10.1. The number of carbonyl (C=O) groups is 3. The van der Waals surface area contributed by atoms with E-state index in [1.807, 2.05) is 105 Å². The molecule has 0 spiro atoms. The predicted octanol–water partition coefficient (Wildman–Crippen LogP) is 8.36. The number of likely N-dealkylation sites (N-methyl/N-ethyl adjacent to an activating group) is 1. The summed E-state index contributed by atoms with van der Waals surface area (Å²) in [5.74, 6) is -0.573. The molecule has 6 rings (SSSR count). The lowest BCUT2D eigenvalue weighted by Gasteiger charge is -2.08. The molecule has 48 heavy (non-hydrogen) atoms. The van der Waals surface area contributed by atoms with E-state index in [1.165, 1.54) is 12.2 Å². The molecule has 3 amide bonds. The van der Waals surface area contributed by atoms with Crippen LogP contribution in [0.15, 0.2) is 135 Å². The molecule has 4 aromatic carbocycles. The molecule has 248 valence electrons. The van der Waals surface area contributed by atoms with Gasteiger partial charge in [-0.25, -0.2) is 0 Å². The molecule has 0 atom stereocenters. The van der Waals surface area contributed by atoms with E-state index in [0.717, 1.165) is 49.7 Å². The van der Waals surface area contributed by atoms with Crippen LogP contribution in [0.2, 0.25) is 0 Å². The number of hydrogen-bond acceptors (Lipinski definition) is 5. The first kappa shape index (κ1) is 34.5. The van der Waals surface area contributed by atoms with Gasteiger partial charge in [0.2, 0.25) is 17.7 Å². The van der Waals surface area contributed by atoms with Gasteiger partial charge in [0.25, 0.3) is 0 Å². The van der Waals surface area contributed by atoms with Gasteiger partial charge in [-0.2, -0.15) is 5.10 Å². The second kappa shape index (κ2) is 16.8. The summed E-state index contributed by atoms with van der Waals surface area (Å²) in [6.45, 7) is 11.1. The number of benzene rings is 4. The topological polar surface area (TPSA) is 118 Å². The van der Waals surface area contributed by atoms with Crippen LogP contribution < -0.4 is 16.0 Å². The quantitative estimate of drug-likeness (QED) is 0.144. The molecule has 0 unspecified atom stereocenters. The number of carbonyl (C=O) groups excluding carboxylic acids is 3. The van der Waals surface area contributed by atoms with Crippen LogP contribution in [-0.2, 0) is 20.9 Å². The van der Waals surface area contributed by atoms with Crippen molar-refractivity contribution < 1.29 is 18.7 Å². The number of amides is 3. The Hall–Kier alpha value is -6.35. The molecule has 3 N–H and O–H groups in total. The molecule has 0 radical (unpaired) electrons. The Labute approximate surface area is 284 Å². The summed E-state index contributed by atoms with van der Waals surface area (Å²) in [7, 11) is 1.60. The maximum atomic E-state index is 11.6. The second-order valence-corrected chi connectivity index (χ2v) is 10.2. The number of pyridine rings is 1. The van der Waals surface area contributed by atoms with E-state index in [9.17, 15) is 14.4 Å². The maximum Gasteiger partial charge on any atom is 0.247 e. The molecule has 2 heterocycles. The highest BCUT2D eigenvalue weighted by Crippen LogP contribution is 2.27. The van der Waals surface area contributed by atoms with Gasteiger partial charge in [-0.1, -0.05) is 75.5 Å². The van der Waals surface area contributed by atoms with Gasteiger partial charge in [0.05, 0.1) is 17.2 Å². The van der Waals surface area contributed by atoms with Gasteiger partial charge < -0.3 is 16.0 Å². The Kier molecular flexibility index (Phi) is 12.1. The van der Waals surface area contributed by atoms with Gasteiger partial charge in [0, 0.05) is 39.7 Å². The Morgan fingerprint density at radius 1 is 0.729 bits per heavy atom. The number of anilines is 2. The van der Waals surface area contributed by atoms with Crippen LogP contribution in [0.3, 0.4) is 0 Å². The average Bonchev–Trinajstić information content (AvgIpc) is 3.54. The first-order chi connectivity index (χ1) is 23.4. The number of aromatic nitrogens is 3. The lowest BCUT2D eigenvalue weighted by atomic mass is 10.0. The minimum absolute atomic E-state index is 0. The highest BCUT2D eigenvalue weighted by atomic mass is 16.2. The van der Waals surface area contributed by atoms with E-state index < -0.39 is 0 Å². The van der Waals surface area contributed by atoms with Crippen LogP contribution in [0, 0.1) is 0 Å². The largest absolute Gasteiger partial charge is 0.358 e. The number of fused-ring (bicyclic) bond motifs is 2. The molecule has 6 aromatic rings. The maximum absolute atomic E-state index is 11.6. The van der Waals surface area contributed by atoms with Crippen LogP contribution in [0.4, 0.5) is 11.4 Å². The third-order valence-electron chi connectivity index (χ3n) is 7.12. The molecule has 0 bridgehead atoms. The van der Waals surface area contributed by atoms with Crippen molar-refractivity contribution >= 4 is 50.9 Å². The molecule has 2 aromatic heterocycles. The molecular weight excluding hydrogens is 600 g/mol. The monoisotopic (exact) mass is 644 g/mol. The van der Waals surface area contributed by atoms with Gasteiger partial charge >= 0.3 is 0 Å². The lowest BCUT2D eigenvalue weighted by molar-refractivity contribution is -0.121. The lowest BCUT2D eigenvalue weighted by Crippen LogP contribution is -2.23. The number of hydrogen-bond donors (Lipinski definition) is 3. The highest BCUT2D eigenvalue weighted by Gasteiger charge is 2.09. The van der Waals surface area contributed by atoms with E-state index >= 15 is 0 Å². The Bertz CT molecular complexity index is 2100.